The number of carbonyl (C=O) groups is 1. The number of hydrogen-bond acceptors (Lipinski definition) is 5. The van der Waals surface area contributed by atoms with Crippen LogP contribution in [0, 0.1) is 0 Å². The molecule has 1 saturated heterocycles. The Labute approximate surface area is 136 Å². The van der Waals surface area contributed by atoms with E-state index in [4.69, 9.17) is 0 Å². The second-order valence-electron chi connectivity index (χ2n) is 5.76. The molecule has 6 nitrogen and oxygen atoms in total. The van der Waals surface area contributed by atoms with Gasteiger partial charge in [-0.1, -0.05) is 16.0 Å². The zero-order valence-corrected chi connectivity index (χ0v) is 14.1. The third-order valence-electron chi connectivity index (χ3n) is 4.13. The Morgan fingerprint density at radius 3 is 2.35 bits per heavy atom. The highest BCUT2D eigenvalue weighted by Gasteiger charge is 2.23. The smallest absolute Gasteiger partial charge is 0.358 e. The normalized spacial score (nSPS) is 17.0. The standard InChI is InChI=1S/C15H21FN2O4S/c1-12(19)17(2)14-7-9-18(10-8-14)11-13-3-5-15(6-4-13)22-23(16,20)21/h3-6,14H,7-11H2,1-2H3. The highest BCUT2D eigenvalue weighted by Crippen LogP contribution is 2.20. The molecule has 0 unspecified atom stereocenters. The van der Waals surface area contributed by atoms with Crippen LogP contribution in [0.4, 0.5) is 3.89 Å². The molecular formula is C15H21FN2O4S. The molecule has 0 bridgehead atoms. The molecule has 1 heterocycles. The van der Waals surface area contributed by atoms with Crippen molar-refractivity contribution < 1.29 is 21.3 Å². The molecule has 0 aromatic heterocycles. The van der Waals surface area contributed by atoms with Gasteiger partial charge in [-0.3, -0.25) is 9.69 Å². The van der Waals surface area contributed by atoms with Crippen molar-refractivity contribution in [2.45, 2.75) is 32.4 Å². The highest BCUT2D eigenvalue weighted by atomic mass is 32.3. The lowest BCUT2D eigenvalue weighted by Crippen LogP contribution is -2.44. The number of nitrogens with zero attached hydrogens (tertiary/aromatic N) is 2. The van der Waals surface area contributed by atoms with Gasteiger partial charge < -0.3 is 9.08 Å². The summed E-state index contributed by atoms with van der Waals surface area (Å²) < 4.78 is 37.4. The molecule has 0 atom stereocenters. The Hall–Kier alpha value is -1.67. The Morgan fingerprint density at radius 1 is 1.30 bits per heavy atom. The number of benzene rings is 1. The Kier molecular flexibility index (Phi) is 5.59. The van der Waals surface area contributed by atoms with Crippen LogP contribution in [-0.4, -0.2) is 50.3 Å². The second-order valence-corrected chi connectivity index (χ2v) is 6.71. The molecule has 2 rings (SSSR count). The first-order chi connectivity index (χ1) is 10.7. The van der Waals surface area contributed by atoms with Gasteiger partial charge in [-0.05, 0) is 30.5 Å². The minimum Gasteiger partial charge on any atom is -0.358 e. The predicted octanol–water partition coefficient (Wildman–Crippen LogP) is 1.72. The molecule has 1 aliphatic heterocycles. The molecule has 0 N–H and O–H groups in total. The number of carbonyl (C=O) groups excluding carboxylic acids is 1. The first-order valence-corrected chi connectivity index (χ1v) is 8.74. The Morgan fingerprint density at radius 2 is 1.87 bits per heavy atom. The number of rotatable bonds is 5. The van der Waals surface area contributed by atoms with Gasteiger partial charge in [-0.15, -0.1) is 0 Å². The maximum atomic E-state index is 12.4. The van der Waals surface area contributed by atoms with Crippen molar-refractivity contribution in [1.82, 2.24) is 9.80 Å². The molecule has 128 valence electrons. The van der Waals surface area contributed by atoms with Crippen LogP contribution in [0.3, 0.4) is 0 Å². The molecule has 1 fully saturated rings. The molecule has 1 amide bonds. The van der Waals surface area contributed by atoms with E-state index in [1.54, 1.807) is 24.0 Å². The summed E-state index contributed by atoms with van der Waals surface area (Å²) in [6, 6.07) is 6.59. The van der Waals surface area contributed by atoms with Gasteiger partial charge in [-0.25, -0.2) is 0 Å². The van der Waals surface area contributed by atoms with Gasteiger partial charge in [0.1, 0.15) is 5.75 Å². The van der Waals surface area contributed by atoms with Crippen molar-refractivity contribution in [3.05, 3.63) is 29.8 Å². The minimum absolute atomic E-state index is 0.0435. The van der Waals surface area contributed by atoms with E-state index in [0.29, 0.717) is 0 Å². The quantitative estimate of drug-likeness (QED) is 0.761. The fraction of sp³-hybridized carbons (Fsp3) is 0.533. The van der Waals surface area contributed by atoms with E-state index >= 15 is 0 Å². The average Bonchev–Trinajstić information content (AvgIpc) is 2.48. The van der Waals surface area contributed by atoms with Crippen molar-refractivity contribution in [3.63, 3.8) is 0 Å². The van der Waals surface area contributed by atoms with Crippen molar-refractivity contribution in [2.75, 3.05) is 20.1 Å². The molecule has 0 saturated carbocycles. The first-order valence-electron chi connectivity index (χ1n) is 7.43. The number of likely N-dealkylation sites (tertiary alicyclic amines) is 1. The Bertz CT molecular complexity index is 640. The topological polar surface area (TPSA) is 66.9 Å². The summed E-state index contributed by atoms with van der Waals surface area (Å²) in [7, 11) is -3.15. The second kappa shape index (κ2) is 7.27. The number of amides is 1. The van der Waals surface area contributed by atoms with Crippen LogP contribution in [0.1, 0.15) is 25.3 Å². The van der Waals surface area contributed by atoms with Crippen molar-refractivity contribution in [2.24, 2.45) is 0 Å². The van der Waals surface area contributed by atoms with Crippen molar-refractivity contribution >= 4 is 16.4 Å². The van der Waals surface area contributed by atoms with Gasteiger partial charge in [0, 0.05) is 39.6 Å². The molecule has 8 heteroatoms. The lowest BCUT2D eigenvalue weighted by atomic mass is 10.0. The minimum atomic E-state index is -4.98. The monoisotopic (exact) mass is 344 g/mol. The third kappa shape index (κ3) is 5.47. The summed E-state index contributed by atoms with van der Waals surface area (Å²) in [5.41, 5.74) is 0.993. The molecule has 0 spiro atoms. The molecule has 1 aromatic rings. The van der Waals surface area contributed by atoms with E-state index in [-0.39, 0.29) is 17.7 Å². The predicted molar refractivity (Wildman–Crippen MR) is 83.8 cm³/mol. The third-order valence-corrected chi connectivity index (χ3v) is 4.52. The van der Waals surface area contributed by atoms with Crippen LogP contribution in [0.25, 0.3) is 0 Å². The van der Waals surface area contributed by atoms with E-state index in [2.05, 4.69) is 9.08 Å². The Balaban J connectivity index is 1.86. The zero-order valence-electron chi connectivity index (χ0n) is 13.2. The van der Waals surface area contributed by atoms with Crippen molar-refractivity contribution in [3.8, 4) is 5.75 Å². The largest absolute Gasteiger partial charge is 0.488 e. The first kappa shape index (κ1) is 17.7. The van der Waals surface area contributed by atoms with E-state index < -0.39 is 10.5 Å². The van der Waals surface area contributed by atoms with E-state index in [9.17, 15) is 17.1 Å². The number of hydrogen-bond donors (Lipinski definition) is 0. The van der Waals surface area contributed by atoms with Gasteiger partial charge in [0.2, 0.25) is 5.91 Å². The summed E-state index contributed by atoms with van der Waals surface area (Å²) in [5, 5.41) is 0. The van der Waals surface area contributed by atoms with Crippen LogP contribution < -0.4 is 4.18 Å². The average molecular weight is 344 g/mol. The number of halogens is 1. The van der Waals surface area contributed by atoms with Gasteiger partial charge in [0.15, 0.2) is 0 Å². The summed E-state index contributed by atoms with van der Waals surface area (Å²) >= 11 is 0. The fourth-order valence-corrected chi connectivity index (χ4v) is 3.09. The molecule has 0 radical (unpaired) electrons. The zero-order chi connectivity index (χ0) is 17.0. The summed E-state index contributed by atoms with van der Waals surface area (Å²) in [6.07, 6.45) is 1.86. The van der Waals surface area contributed by atoms with Crippen molar-refractivity contribution in [1.29, 1.82) is 0 Å². The van der Waals surface area contributed by atoms with Crippen LogP contribution in [-0.2, 0) is 21.8 Å². The van der Waals surface area contributed by atoms with Gasteiger partial charge in [0.05, 0.1) is 0 Å². The lowest BCUT2D eigenvalue weighted by Gasteiger charge is -2.36. The van der Waals surface area contributed by atoms with E-state index in [0.717, 1.165) is 38.0 Å². The van der Waals surface area contributed by atoms with Gasteiger partial charge >= 0.3 is 10.5 Å². The molecule has 23 heavy (non-hydrogen) atoms. The van der Waals surface area contributed by atoms with Crippen LogP contribution in [0.15, 0.2) is 24.3 Å². The maximum Gasteiger partial charge on any atom is 0.488 e. The summed E-state index contributed by atoms with van der Waals surface area (Å²) in [6.45, 7) is 4.07. The SMILES string of the molecule is CC(=O)N(C)C1CCN(Cc2ccc(OS(=O)(=O)F)cc2)CC1. The van der Waals surface area contributed by atoms with Crippen LogP contribution in [0.2, 0.25) is 0 Å². The van der Waals surface area contributed by atoms with Crippen LogP contribution in [0.5, 0.6) is 5.75 Å². The highest BCUT2D eigenvalue weighted by molar-refractivity contribution is 7.81. The number of piperidine rings is 1. The molecule has 1 aliphatic rings. The van der Waals surface area contributed by atoms with Gasteiger partial charge in [-0.2, -0.15) is 8.42 Å². The molecule has 1 aromatic carbocycles. The summed E-state index contributed by atoms with van der Waals surface area (Å²) in [5.74, 6) is 0.0416. The molecular weight excluding hydrogens is 323 g/mol. The lowest BCUT2D eigenvalue weighted by molar-refractivity contribution is -0.130. The molecule has 0 aliphatic carbocycles. The van der Waals surface area contributed by atoms with Gasteiger partial charge in [0.25, 0.3) is 0 Å². The van der Waals surface area contributed by atoms with E-state index in [1.807, 2.05) is 7.05 Å². The fourth-order valence-electron chi connectivity index (χ4n) is 2.75. The van der Waals surface area contributed by atoms with Crippen LogP contribution >= 0.6 is 0 Å². The maximum absolute atomic E-state index is 12.4. The van der Waals surface area contributed by atoms with E-state index in [1.165, 1.54) is 12.1 Å². The summed E-state index contributed by atoms with van der Waals surface area (Å²) in [4.78, 5) is 15.4.